The third-order valence-corrected chi connectivity index (χ3v) is 7.62. The summed E-state index contributed by atoms with van der Waals surface area (Å²) in [6.07, 6.45) is 4.23. The molecule has 0 radical (unpaired) electrons. The highest BCUT2D eigenvalue weighted by atomic mass is 79.9. The molecule has 162 valence electrons. The number of carboxylic acids is 1. The standard InChI is InChI=1S/C24H23BrO5S/c25-21-17-10-5-7-12-19(17)31-23(21)24-29-14-15(8-2-1-3-13-20(27)28)22(30-24)16-9-4-6-11-18(16)26/h1-2,4-7,9-12,15,22,24,26H,3,8,13-14H2,(H,27,28)/t15-,22+,24?/m1/s1. The minimum atomic E-state index is -0.808. The van der Waals surface area contributed by atoms with Crippen LogP contribution in [0.2, 0.25) is 0 Å². The second kappa shape index (κ2) is 9.96. The van der Waals surface area contributed by atoms with Gasteiger partial charge in [-0.1, -0.05) is 48.6 Å². The molecule has 7 heteroatoms. The number of phenolic OH excluding ortho intramolecular Hbond substituents is 1. The maximum Gasteiger partial charge on any atom is 0.303 e. The molecule has 3 aromatic rings. The molecule has 2 aromatic carbocycles. The van der Waals surface area contributed by atoms with Gasteiger partial charge in [-0.15, -0.1) is 11.3 Å². The average Bonchev–Trinajstić information content (AvgIpc) is 3.11. The number of rotatable bonds is 7. The zero-order chi connectivity index (χ0) is 21.8. The van der Waals surface area contributed by atoms with E-state index in [1.165, 1.54) is 0 Å². The van der Waals surface area contributed by atoms with Crippen molar-refractivity contribution in [3.05, 3.63) is 75.6 Å². The first-order valence-electron chi connectivity index (χ1n) is 10.1. The molecule has 1 aliphatic rings. The average molecular weight is 503 g/mol. The Labute approximate surface area is 193 Å². The number of ether oxygens (including phenoxy) is 2. The first-order valence-corrected chi connectivity index (χ1v) is 11.7. The van der Waals surface area contributed by atoms with Crippen LogP contribution >= 0.6 is 27.3 Å². The van der Waals surface area contributed by atoms with Crippen molar-refractivity contribution in [3.8, 4) is 5.75 Å². The van der Waals surface area contributed by atoms with Crippen molar-refractivity contribution in [2.24, 2.45) is 5.92 Å². The SMILES string of the molecule is O=C(O)CCC=CC[C@@H]1COC(c2sc3ccccc3c2Br)O[C@@H]1c1ccccc1O. The van der Waals surface area contributed by atoms with Crippen molar-refractivity contribution in [2.45, 2.75) is 31.7 Å². The fourth-order valence-corrected chi connectivity index (χ4v) is 5.74. The number of para-hydroxylation sites is 1. The van der Waals surface area contributed by atoms with Crippen LogP contribution in [0.1, 0.15) is 42.1 Å². The van der Waals surface area contributed by atoms with Crippen LogP contribution in [0.25, 0.3) is 10.1 Å². The Kier molecular flexibility index (Phi) is 7.07. The van der Waals surface area contributed by atoms with E-state index in [1.807, 2.05) is 36.4 Å². The van der Waals surface area contributed by atoms with Gasteiger partial charge in [0.2, 0.25) is 0 Å². The monoisotopic (exact) mass is 502 g/mol. The lowest BCUT2D eigenvalue weighted by Gasteiger charge is -2.36. The lowest BCUT2D eigenvalue weighted by molar-refractivity contribution is -0.242. The molecule has 1 fully saturated rings. The van der Waals surface area contributed by atoms with E-state index in [-0.39, 0.29) is 24.2 Å². The molecule has 0 spiro atoms. The van der Waals surface area contributed by atoms with Gasteiger partial charge in [0.1, 0.15) is 5.75 Å². The minimum Gasteiger partial charge on any atom is -0.508 e. The summed E-state index contributed by atoms with van der Waals surface area (Å²) in [5.41, 5.74) is 0.733. The molecule has 0 aliphatic carbocycles. The number of carboxylic acid groups (broad SMARTS) is 1. The largest absolute Gasteiger partial charge is 0.508 e. The van der Waals surface area contributed by atoms with Crippen LogP contribution in [0, 0.1) is 5.92 Å². The molecule has 0 bridgehead atoms. The van der Waals surface area contributed by atoms with Crippen molar-refractivity contribution >= 4 is 43.3 Å². The molecule has 31 heavy (non-hydrogen) atoms. The van der Waals surface area contributed by atoms with Gasteiger partial charge >= 0.3 is 5.97 Å². The van der Waals surface area contributed by atoms with E-state index in [1.54, 1.807) is 23.5 Å². The summed E-state index contributed by atoms with van der Waals surface area (Å²) in [7, 11) is 0. The Hall–Kier alpha value is -2.19. The summed E-state index contributed by atoms with van der Waals surface area (Å²) >= 11 is 5.34. The molecular weight excluding hydrogens is 480 g/mol. The molecule has 3 atom stereocenters. The molecule has 2 heterocycles. The van der Waals surface area contributed by atoms with Crippen molar-refractivity contribution in [2.75, 3.05) is 6.61 Å². The Morgan fingerprint density at radius 1 is 1.16 bits per heavy atom. The second-order valence-electron chi connectivity index (χ2n) is 7.46. The summed E-state index contributed by atoms with van der Waals surface area (Å²) in [6, 6.07) is 15.4. The fraction of sp³-hybridized carbons (Fsp3) is 0.292. The summed E-state index contributed by atoms with van der Waals surface area (Å²) in [5, 5.41) is 20.4. The van der Waals surface area contributed by atoms with Crippen LogP contribution in [0.4, 0.5) is 0 Å². The molecule has 1 unspecified atom stereocenters. The highest BCUT2D eigenvalue weighted by Gasteiger charge is 2.36. The maximum atomic E-state index is 10.7. The third-order valence-electron chi connectivity index (χ3n) is 5.31. The highest BCUT2D eigenvalue weighted by molar-refractivity contribution is 9.10. The predicted molar refractivity (Wildman–Crippen MR) is 124 cm³/mol. The Morgan fingerprint density at radius 2 is 1.94 bits per heavy atom. The fourth-order valence-electron chi connectivity index (χ4n) is 3.75. The van der Waals surface area contributed by atoms with Crippen LogP contribution in [0.5, 0.6) is 5.75 Å². The first kappa shape index (κ1) is 22.0. The van der Waals surface area contributed by atoms with E-state index in [0.29, 0.717) is 19.4 Å². The Bertz CT molecular complexity index is 1090. The van der Waals surface area contributed by atoms with Gasteiger partial charge in [0.25, 0.3) is 0 Å². The van der Waals surface area contributed by atoms with E-state index in [2.05, 4.69) is 28.1 Å². The number of fused-ring (bicyclic) bond motifs is 1. The summed E-state index contributed by atoms with van der Waals surface area (Å²) in [6.45, 7) is 0.466. The van der Waals surface area contributed by atoms with Crippen LogP contribution < -0.4 is 0 Å². The quantitative estimate of drug-likeness (QED) is 0.356. The van der Waals surface area contributed by atoms with Gasteiger partial charge in [0.15, 0.2) is 6.29 Å². The van der Waals surface area contributed by atoms with Crippen molar-refractivity contribution in [1.82, 2.24) is 0 Å². The van der Waals surface area contributed by atoms with Crippen LogP contribution in [-0.4, -0.2) is 22.8 Å². The van der Waals surface area contributed by atoms with Crippen LogP contribution in [0.15, 0.2) is 65.2 Å². The molecule has 1 saturated heterocycles. The van der Waals surface area contributed by atoms with Crippen LogP contribution in [0.3, 0.4) is 0 Å². The summed E-state index contributed by atoms with van der Waals surface area (Å²) in [4.78, 5) is 11.7. The number of carbonyl (C=O) groups is 1. The second-order valence-corrected chi connectivity index (χ2v) is 9.33. The molecule has 1 aliphatic heterocycles. The number of aliphatic carboxylic acids is 1. The highest BCUT2D eigenvalue weighted by Crippen LogP contribution is 2.47. The molecule has 4 rings (SSSR count). The molecule has 2 N–H and O–H groups in total. The van der Waals surface area contributed by atoms with Gasteiger partial charge in [0.05, 0.1) is 17.6 Å². The molecule has 5 nitrogen and oxygen atoms in total. The van der Waals surface area contributed by atoms with E-state index in [0.717, 1.165) is 25.0 Å². The predicted octanol–water partition coefficient (Wildman–Crippen LogP) is 6.58. The number of hydrogen-bond acceptors (Lipinski definition) is 5. The molecular formula is C24H23BrO5S. The van der Waals surface area contributed by atoms with E-state index in [4.69, 9.17) is 14.6 Å². The van der Waals surface area contributed by atoms with E-state index in [9.17, 15) is 9.90 Å². The number of thiophene rings is 1. The summed E-state index contributed by atoms with van der Waals surface area (Å²) in [5.74, 6) is -0.611. The van der Waals surface area contributed by atoms with E-state index >= 15 is 0 Å². The maximum absolute atomic E-state index is 10.7. The van der Waals surface area contributed by atoms with Crippen molar-refractivity contribution in [1.29, 1.82) is 0 Å². The van der Waals surface area contributed by atoms with Gasteiger partial charge in [-0.25, -0.2) is 0 Å². The van der Waals surface area contributed by atoms with Crippen molar-refractivity contribution in [3.63, 3.8) is 0 Å². The van der Waals surface area contributed by atoms with Gasteiger partial charge in [0, 0.05) is 32.5 Å². The Balaban J connectivity index is 1.57. The topological polar surface area (TPSA) is 76.0 Å². The molecule has 0 amide bonds. The number of halogens is 1. The first-order chi connectivity index (χ1) is 15.0. The minimum absolute atomic E-state index is 0.00113. The lowest BCUT2D eigenvalue weighted by Crippen LogP contribution is -2.30. The third kappa shape index (κ3) is 5.01. The number of benzene rings is 2. The normalized spacial score (nSPS) is 21.6. The Morgan fingerprint density at radius 3 is 2.71 bits per heavy atom. The zero-order valence-electron chi connectivity index (χ0n) is 16.7. The van der Waals surface area contributed by atoms with Crippen molar-refractivity contribution < 1.29 is 24.5 Å². The van der Waals surface area contributed by atoms with Gasteiger partial charge < -0.3 is 19.7 Å². The smallest absolute Gasteiger partial charge is 0.303 e. The van der Waals surface area contributed by atoms with Gasteiger partial charge in [-0.05, 0) is 40.9 Å². The van der Waals surface area contributed by atoms with Gasteiger partial charge in [-0.3, -0.25) is 4.79 Å². The van der Waals surface area contributed by atoms with Gasteiger partial charge in [-0.2, -0.15) is 0 Å². The molecule has 1 aromatic heterocycles. The zero-order valence-corrected chi connectivity index (χ0v) is 19.1. The number of aromatic hydroxyl groups is 1. The summed E-state index contributed by atoms with van der Waals surface area (Å²) < 4.78 is 14.7. The van der Waals surface area contributed by atoms with E-state index < -0.39 is 12.3 Å². The van der Waals surface area contributed by atoms with Crippen LogP contribution in [-0.2, 0) is 14.3 Å². The number of hydrogen-bond donors (Lipinski definition) is 2. The molecule has 0 saturated carbocycles. The lowest BCUT2D eigenvalue weighted by atomic mass is 9.91. The number of allylic oxidation sites excluding steroid dienone is 2. The number of phenols is 1.